The molecule has 4 aromatic rings. The van der Waals surface area contributed by atoms with Gasteiger partial charge in [-0.25, -0.2) is 9.37 Å². The summed E-state index contributed by atoms with van der Waals surface area (Å²) in [5.74, 6) is -0.415. The normalized spacial score (nSPS) is 11.4. The molecule has 4 nitrogen and oxygen atoms in total. The van der Waals surface area contributed by atoms with Gasteiger partial charge in [0.15, 0.2) is 10.9 Å². The lowest BCUT2D eigenvalue weighted by atomic mass is 10.1. The van der Waals surface area contributed by atoms with E-state index in [9.17, 15) is 9.18 Å². The molecule has 4 rings (SSSR count). The van der Waals surface area contributed by atoms with Crippen molar-refractivity contribution in [2.45, 2.75) is 20.8 Å². The lowest BCUT2D eigenvalue weighted by molar-refractivity contribution is 0.0998. The number of amides is 1. The van der Waals surface area contributed by atoms with Crippen molar-refractivity contribution in [2.75, 3.05) is 5.32 Å². The minimum absolute atomic E-state index is 0.269. The van der Waals surface area contributed by atoms with Crippen molar-refractivity contribution in [1.29, 1.82) is 0 Å². The Hall–Kier alpha value is -2.73. The van der Waals surface area contributed by atoms with Crippen LogP contribution in [-0.4, -0.2) is 10.9 Å². The zero-order chi connectivity index (χ0) is 17.7. The van der Waals surface area contributed by atoms with Crippen LogP contribution in [0.25, 0.3) is 21.2 Å². The molecule has 0 saturated carbocycles. The van der Waals surface area contributed by atoms with E-state index in [0.717, 1.165) is 22.1 Å². The Morgan fingerprint density at radius 2 is 1.92 bits per heavy atom. The van der Waals surface area contributed by atoms with Crippen LogP contribution in [0.2, 0.25) is 0 Å². The van der Waals surface area contributed by atoms with Gasteiger partial charge >= 0.3 is 0 Å². The quantitative estimate of drug-likeness (QED) is 0.527. The third-order valence-electron chi connectivity index (χ3n) is 4.33. The summed E-state index contributed by atoms with van der Waals surface area (Å²) in [5, 5.41) is 4.10. The fourth-order valence-corrected chi connectivity index (χ4v) is 3.68. The largest absolute Gasteiger partial charge is 0.451 e. The number of furan rings is 1. The van der Waals surface area contributed by atoms with Crippen molar-refractivity contribution < 1.29 is 13.6 Å². The summed E-state index contributed by atoms with van der Waals surface area (Å²) < 4.78 is 19.7. The van der Waals surface area contributed by atoms with Crippen LogP contribution in [0.4, 0.5) is 9.52 Å². The number of rotatable bonds is 2. The molecule has 2 aromatic heterocycles. The van der Waals surface area contributed by atoms with E-state index in [0.29, 0.717) is 20.9 Å². The number of thiazole rings is 1. The van der Waals surface area contributed by atoms with Gasteiger partial charge in [-0.15, -0.1) is 0 Å². The molecule has 0 aliphatic carbocycles. The second-order valence-electron chi connectivity index (χ2n) is 6.07. The molecule has 0 aliphatic heterocycles. The smallest absolute Gasteiger partial charge is 0.293 e. The van der Waals surface area contributed by atoms with Gasteiger partial charge in [0, 0.05) is 10.9 Å². The summed E-state index contributed by atoms with van der Waals surface area (Å²) in [4.78, 5) is 16.9. The molecular weight excluding hydrogens is 339 g/mol. The van der Waals surface area contributed by atoms with Gasteiger partial charge in [0.1, 0.15) is 11.4 Å². The van der Waals surface area contributed by atoms with Crippen LogP contribution in [0.5, 0.6) is 0 Å². The third kappa shape index (κ3) is 2.68. The first kappa shape index (κ1) is 15.8. The van der Waals surface area contributed by atoms with E-state index in [2.05, 4.69) is 10.3 Å². The Morgan fingerprint density at radius 3 is 2.72 bits per heavy atom. The van der Waals surface area contributed by atoms with Gasteiger partial charge in [-0.05, 0) is 62.2 Å². The number of aromatic nitrogens is 1. The molecule has 1 N–H and O–H groups in total. The van der Waals surface area contributed by atoms with Gasteiger partial charge in [0.05, 0.1) is 10.2 Å². The second kappa shape index (κ2) is 5.67. The van der Waals surface area contributed by atoms with Gasteiger partial charge in [-0.1, -0.05) is 11.3 Å². The molecule has 0 fully saturated rings. The Labute approximate surface area is 147 Å². The first-order chi connectivity index (χ1) is 11.9. The van der Waals surface area contributed by atoms with Crippen LogP contribution in [0.3, 0.4) is 0 Å². The number of nitrogens with one attached hydrogen (secondary N) is 1. The summed E-state index contributed by atoms with van der Waals surface area (Å²) in [6.07, 6.45) is 0. The molecule has 1 amide bonds. The molecule has 0 unspecified atom stereocenters. The minimum Gasteiger partial charge on any atom is -0.451 e. The topological polar surface area (TPSA) is 55.1 Å². The number of carbonyl (C=O) groups is 1. The SMILES string of the molecule is Cc1cc2oc(C(=O)Nc3nc4ccc(F)cc4s3)c(C)c2cc1C. The minimum atomic E-state index is -0.358. The van der Waals surface area contributed by atoms with Crippen molar-refractivity contribution in [1.82, 2.24) is 4.98 Å². The van der Waals surface area contributed by atoms with Gasteiger partial charge in [-0.3, -0.25) is 10.1 Å². The van der Waals surface area contributed by atoms with Gasteiger partial charge in [-0.2, -0.15) is 0 Å². The van der Waals surface area contributed by atoms with Crippen LogP contribution in [0.15, 0.2) is 34.7 Å². The van der Waals surface area contributed by atoms with Crippen LogP contribution in [-0.2, 0) is 0 Å². The number of benzene rings is 2. The highest BCUT2D eigenvalue weighted by molar-refractivity contribution is 7.22. The number of fused-ring (bicyclic) bond motifs is 2. The van der Waals surface area contributed by atoms with Gasteiger partial charge in [0.2, 0.25) is 0 Å². The van der Waals surface area contributed by atoms with E-state index >= 15 is 0 Å². The Morgan fingerprint density at radius 1 is 1.16 bits per heavy atom. The lowest BCUT2D eigenvalue weighted by Crippen LogP contribution is -2.11. The Balaban J connectivity index is 1.70. The van der Waals surface area contributed by atoms with Crippen LogP contribution < -0.4 is 5.32 Å². The molecule has 0 atom stereocenters. The first-order valence-electron chi connectivity index (χ1n) is 7.80. The van der Waals surface area contributed by atoms with Crippen molar-refractivity contribution >= 4 is 43.6 Å². The zero-order valence-electron chi connectivity index (χ0n) is 13.9. The number of hydrogen-bond donors (Lipinski definition) is 1. The van der Waals surface area contributed by atoms with E-state index < -0.39 is 0 Å². The third-order valence-corrected chi connectivity index (χ3v) is 5.26. The first-order valence-corrected chi connectivity index (χ1v) is 8.62. The average Bonchev–Trinajstić information content (AvgIpc) is 3.09. The average molecular weight is 354 g/mol. The second-order valence-corrected chi connectivity index (χ2v) is 7.10. The highest BCUT2D eigenvalue weighted by Gasteiger charge is 2.19. The molecule has 0 saturated heterocycles. The fourth-order valence-electron chi connectivity index (χ4n) is 2.80. The van der Waals surface area contributed by atoms with E-state index in [1.807, 2.05) is 32.9 Å². The number of hydrogen-bond acceptors (Lipinski definition) is 4. The summed E-state index contributed by atoms with van der Waals surface area (Å²) in [6.45, 7) is 5.90. The predicted molar refractivity (Wildman–Crippen MR) is 98.0 cm³/mol. The molecule has 6 heteroatoms. The number of nitrogens with zero attached hydrogens (tertiary/aromatic N) is 1. The molecular formula is C19H15FN2O2S. The van der Waals surface area contributed by atoms with E-state index in [1.165, 1.54) is 23.5 Å². The number of halogens is 1. The maximum absolute atomic E-state index is 13.3. The predicted octanol–water partition coefficient (Wildman–Crippen LogP) is 5.36. The van der Waals surface area contributed by atoms with Crippen molar-refractivity contribution in [3.8, 4) is 0 Å². The molecule has 2 aromatic carbocycles. The van der Waals surface area contributed by atoms with E-state index in [-0.39, 0.29) is 17.5 Å². The highest BCUT2D eigenvalue weighted by Crippen LogP contribution is 2.30. The van der Waals surface area contributed by atoms with Gasteiger partial charge in [0.25, 0.3) is 5.91 Å². The molecule has 0 bridgehead atoms. The van der Waals surface area contributed by atoms with Crippen molar-refractivity contribution in [2.24, 2.45) is 0 Å². The molecule has 25 heavy (non-hydrogen) atoms. The van der Waals surface area contributed by atoms with Crippen LogP contribution >= 0.6 is 11.3 Å². The van der Waals surface area contributed by atoms with Crippen LogP contribution in [0.1, 0.15) is 27.2 Å². The van der Waals surface area contributed by atoms with E-state index in [4.69, 9.17) is 4.42 Å². The Bertz CT molecular complexity index is 1140. The molecule has 0 aliphatic rings. The van der Waals surface area contributed by atoms with E-state index in [1.54, 1.807) is 6.07 Å². The lowest BCUT2D eigenvalue weighted by Gasteiger charge is -1.99. The maximum atomic E-state index is 13.3. The maximum Gasteiger partial charge on any atom is 0.293 e. The molecule has 0 spiro atoms. The zero-order valence-corrected chi connectivity index (χ0v) is 14.8. The molecule has 126 valence electrons. The summed E-state index contributed by atoms with van der Waals surface area (Å²) in [6, 6.07) is 8.31. The Kier molecular flexibility index (Phi) is 3.58. The number of anilines is 1. The number of carbonyl (C=O) groups excluding carboxylic acids is 1. The van der Waals surface area contributed by atoms with Gasteiger partial charge < -0.3 is 4.42 Å². The summed E-state index contributed by atoms with van der Waals surface area (Å²) in [7, 11) is 0. The fraction of sp³-hybridized carbons (Fsp3) is 0.158. The standard InChI is InChI=1S/C19H15FN2O2S/c1-9-6-13-11(3)17(24-15(13)7-10(9)2)18(23)22-19-21-14-5-4-12(20)8-16(14)25-19/h4-8H,1-3H3,(H,21,22,23). The summed E-state index contributed by atoms with van der Waals surface area (Å²) in [5.41, 5.74) is 4.40. The molecule has 2 heterocycles. The highest BCUT2D eigenvalue weighted by atomic mass is 32.1. The monoisotopic (exact) mass is 354 g/mol. The van der Waals surface area contributed by atoms with Crippen LogP contribution in [0, 0.1) is 26.6 Å². The van der Waals surface area contributed by atoms with Crippen molar-refractivity contribution in [3.05, 3.63) is 58.6 Å². The summed E-state index contributed by atoms with van der Waals surface area (Å²) >= 11 is 1.23. The van der Waals surface area contributed by atoms with Crippen molar-refractivity contribution in [3.63, 3.8) is 0 Å². The molecule has 0 radical (unpaired) electrons. The number of aryl methyl sites for hydroxylation is 3.